The molecule has 0 saturated carbocycles. The number of ether oxygens (including phenoxy) is 1. The van der Waals surface area contributed by atoms with Crippen molar-refractivity contribution in [1.82, 2.24) is 5.32 Å². The first kappa shape index (κ1) is 19.7. The first-order valence-corrected chi connectivity index (χ1v) is 10.1. The number of carbonyl (C=O) groups excluding carboxylic acids is 1. The number of fused-ring (bicyclic) bond motifs is 1. The van der Waals surface area contributed by atoms with Gasteiger partial charge in [0.15, 0.2) is 5.75 Å². The summed E-state index contributed by atoms with van der Waals surface area (Å²) in [5.74, 6) is 0.480. The monoisotopic (exact) mass is 415 g/mol. The number of hydrogen-bond donors (Lipinski definition) is 2. The maximum atomic E-state index is 11.6. The molecular formula is C21H22ClN3O4. The molecular weight excluding hydrogens is 394 g/mol. The predicted molar refractivity (Wildman–Crippen MR) is 111 cm³/mol. The number of benzene rings is 2. The first-order valence-electron chi connectivity index (χ1n) is 9.75. The molecule has 7 nitrogen and oxygen atoms in total. The maximum absolute atomic E-state index is 11.6. The molecule has 2 N–H and O–H groups in total. The molecule has 4 rings (SSSR count). The summed E-state index contributed by atoms with van der Waals surface area (Å²) in [7, 11) is 0. The number of piperidine rings is 1. The quantitative estimate of drug-likeness (QED) is 0.562. The number of nitro benzene ring substituents is 1. The Balaban J connectivity index is 1.60. The Morgan fingerprint density at radius 3 is 2.69 bits per heavy atom. The Hall–Kier alpha value is -2.64. The van der Waals surface area contributed by atoms with Gasteiger partial charge in [0.05, 0.1) is 15.6 Å². The van der Waals surface area contributed by atoms with E-state index in [0.717, 1.165) is 49.2 Å². The van der Waals surface area contributed by atoms with Gasteiger partial charge in [-0.15, -0.1) is 0 Å². The number of rotatable bonds is 5. The first-order chi connectivity index (χ1) is 14.0. The van der Waals surface area contributed by atoms with Crippen molar-refractivity contribution < 1.29 is 14.5 Å². The zero-order valence-corrected chi connectivity index (χ0v) is 16.6. The lowest BCUT2D eigenvalue weighted by Crippen LogP contribution is -2.34. The van der Waals surface area contributed by atoms with Gasteiger partial charge in [-0.2, -0.15) is 0 Å². The van der Waals surface area contributed by atoms with Crippen molar-refractivity contribution in [2.75, 3.05) is 18.4 Å². The van der Waals surface area contributed by atoms with Gasteiger partial charge in [-0.1, -0.05) is 17.7 Å². The van der Waals surface area contributed by atoms with Crippen LogP contribution in [0.15, 0.2) is 30.3 Å². The fourth-order valence-corrected chi connectivity index (χ4v) is 4.01. The molecule has 1 heterocycles. The smallest absolute Gasteiger partial charge is 0.312 e. The lowest BCUT2D eigenvalue weighted by Gasteiger charge is -2.24. The number of nitro groups is 1. The van der Waals surface area contributed by atoms with E-state index in [1.54, 1.807) is 6.07 Å². The van der Waals surface area contributed by atoms with Gasteiger partial charge < -0.3 is 15.4 Å². The highest BCUT2D eigenvalue weighted by molar-refractivity contribution is 6.33. The van der Waals surface area contributed by atoms with Gasteiger partial charge in [0.2, 0.25) is 0 Å². The van der Waals surface area contributed by atoms with E-state index in [9.17, 15) is 14.9 Å². The zero-order valence-electron chi connectivity index (χ0n) is 15.9. The van der Waals surface area contributed by atoms with Crippen molar-refractivity contribution in [2.24, 2.45) is 0 Å². The van der Waals surface area contributed by atoms with Crippen LogP contribution in [0, 0.1) is 10.1 Å². The molecule has 0 unspecified atom stereocenters. The number of ketones is 1. The average molecular weight is 416 g/mol. The fraction of sp³-hybridized carbons (Fsp3) is 0.381. The second kappa shape index (κ2) is 8.39. The molecule has 0 bridgehead atoms. The van der Waals surface area contributed by atoms with Gasteiger partial charge in [-0.05, 0) is 55.6 Å². The molecule has 0 aromatic heterocycles. The summed E-state index contributed by atoms with van der Waals surface area (Å²) >= 11 is 6.32. The zero-order chi connectivity index (χ0) is 20.4. The third-order valence-corrected chi connectivity index (χ3v) is 5.68. The molecule has 2 aromatic rings. The number of aryl methyl sites for hydroxylation is 1. The summed E-state index contributed by atoms with van der Waals surface area (Å²) < 4.78 is 5.97. The van der Waals surface area contributed by atoms with Gasteiger partial charge in [0, 0.05) is 30.7 Å². The summed E-state index contributed by atoms with van der Waals surface area (Å²) in [5, 5.41) is 18.2. The van der Waals surface area contributed by atoms with Crippen LogP contribution in [0.4, 0.5) is 17.1 Å². The second-order valence-electron chi connectivity index (χ2n) is 7.45. The Kier molecular flexibility index (Phi) is 5.69. The number of halogens is 1. The van der Waals surface area contributed by atoms with Gasteiger partial charge >= 0.3 is 5.69 Å². The predicted octanol–water partition coefficient (Wildman–Crippen LogP) is 4.18. The van der Waals surface area contributed by atoms with Crippen LogP contribution in [-0.2, 0) is 17.6 Å². The van der Waals surface area contributed by atoms with Crippen molar-refractivity contribution in [1.29, 1.82) is 0 Å². The van der Waals surface area contributed by atoms with Crippen LogP contribution in [0.2, 0.25) is 5.02 Å². The van der Waals surface area contributed by atoms with Gasteiger partial charge in [-0.3, -0.25) is 14.9 Å². The number of anilines is 2. The Labute approximate surface area is 173 Å². The molecule has 0 atom stereocenters. The normalized spacial score (nSPS) is 16.9. The summed E-state index contributed by atoms with van der Waals surface area (Å²) in [4.78, 5) is 22.6. The van der Waals surface area contributed by atoms with Crippen LogP contribution in [0.3, 0.4) is 0 Å². The van der Waals surface area contributed by atoms with E-state index in [4.69, 9.17) is 16.3 Å². The molecule has 1 fully saturated rings. The number of nitrogens with one attached hydrogen (secondary N) is 2. The van der Waals surface area contributed by atoms with Crippen LogP contribution in [0.25, 0.3) is 0 Å². The van der Waals surface area contributed by atoms with Crippen LogP contribution < -0.4 is 15.4 Å². The highest BCUT2D eigenvalue weighted by atomic mass is 35.5. The van der Waals surface area contributed by atoms with Gasteiger partial charge in [-0.25, -0.2) is 0 Å². The minimum atomic E-state index is -0.470. The largest absolute Gasteiger partial charge is 0.483 e. The molecule has 2 aromatic carbocycles. The second-order valence-corrected chi connectivity index (χ2v) is 7.86. The average Bonchev–Trinajstić information content (AvgIpc) is 2.71. The van der Waals surface area contributed by atoms with Gasteiger partial charge in [0.1, 0.15) is 11.9 Å². The molecule has 29 heavy (non-hydrogen) atoms. The van der Waals surface area contributed by atoms with Gasteiger partial charge in [0.25, 0.3) is 0 Å². The molecule has 0 amide bonds. The molecule has 2 aliphatic rings. The van der Waals surface area contributed by atoms with Crippen molar-refractivity contribution in [2.45, 2.75) is 38.2 Å². The lowest BCUT2D eigenvalue weighted by atomic mass is 9.90. The molecule has 0 radical (unpaired) electrons. The van der Waals surface area contributed by atoms with Crippen LogP contribution >= 0.6 is 11.6 Å². The number of nitrogens with zero attached hydrogens (tertiary/aromatic N) is 1. The van der Waals surface area contributed by atoms with Crippen LogP contribution in [0.1, 0.15) is 30.4 Å². The third kappa shape index (κ3) is 4.52. The Morgan fingerprint density at radius 2 is 1.93 bits per heavy atom. The van der Waals surface area contributed by atoms with E-state index in [1.165, 1.54) is 6.07 Å². The number of Topliss-reactive ketones (excluding diaryl/α,β-unsaturated/α-hetero) is 1. The van der Waals surface area contributed by atoms with E-state index >= 15 is 0 Å². The number of carbonyl (C=O) groups is 1. The maximum Gasteiger partial charge on any atom is 0.312 e. The molecule has 152 valence electrons. The van der Waals surface area contributed by atoms with E-state index in [0.29, 0.717) is 18.5 Å². The van der Waals surface area contributed by atoms with Crippen molar-refractivity contribution in [3.63, 3.8) is 0 Å². The Bertz CT molecular complexity index is 957. The summed E-state index contributed by atoms with van der Waals surface area (Å²) in [6.45, 7) is 1.66. The summed E-state index contributed by atoms with van der Waals surface area (Å²) in [6.07, 6.45) is 3.29. The molecule has 8 heteroatoms. The Morgan fingerprint density at radius 1 is 1.14 bits per heavy atom. The molecule has 1 saturated heterocycles. The topological polar surface area (TPSA) is 93.5 Å². The molecule has 1 aliphatic carbocycles. The summed E-state index contributed by atoms with van der Waals surface area (Å²) in [6, 6.07) is 8.78. The standard InChI is InChI=1S/C21H22ClN3O4/c22-18-11-20(25(27)28)21(29-17-5-7-23-8-6-17)12-19(18)24-15-3-1-14-10-16(26)4-2-13(14)9-15/h1,3,9,11-12,17,23-24H,2,4-8,10H2. The highest BCUT2D eigenvalue weighted by Crippen LogP contribution is 2.38. The van der Waals surface area contributed by atoms with E-state index in [2.05, 4.69) is 10.6 Å². The SMILES string of the molecule is O=C1CCc2cc(Nc3cc(OC4CCNCC4)c([N+](=O)[O-])cc3Cl)ccc2C1. The number of hydrogen-bond acceptors (Lipinski definition) is 6. The minimum absolute atomic E-state index is 0.0646. The molecule has 1 aliphatic heterocycles. The van der Waals surface area contributed by atoms with E-state index in [1.807, 2.05) is 18.2 Å². The fourth-order valence-electron chi connectivity index (χ4n) is 3.81. The van der Waals surface area contributed by atoms with E-state index in [-0.39, 0.29) is 28.3 Å². The van der Waals surface area contributed by atoms with Crippen LogP contribution in [-0.4, -0.2) is 29.9 Å². The van der Waals surface area contributed by atoms with E-state index < -0.39 is 4.92 Å². The minimum Gasteiger partial charge on any atom is -0.483 e. The molecule has 0 spiro atoms. The van der Waals surface area contributed by atoms with Crippen molar-refractivity contribution in [3.8, 4) is 5.75 Å². The summed E-state index contributed by atoms with van der Waals surface area (Å²) in [5.41, 5.74) is 3.42. The van der Waals surface area contributed by atoms with Crippen LogP contribution in [0.5, 0.6) is 5.75 Å². The van der Waals surface area contributed by atoms with Crippen molar-refractivity contribution >= 4 is 34.4 Å². The lowest BCUT2D eigenvalue weighted by molar-refractivity contribution is -0.386. The highest BCUT2D eigenvalue weighted by Gasteiger charge is 2.24. The third-order valence-electron chi connectivity index (χ3n) is 5.37. The van der Waals surface area contributed by atoms with Crippen molar-refractivity contribution in [3.05, 3.63) is 56.6 Å².